The van der Waals surface area contributed by atoms with Gasteiger partial charge in [0.2, 0.25) is 0 Å². The first-order valence-electron chi connectivity index (χ1n) is 10.6. The Bertz CT molecular complexity index is 1600. The molecule has 0 bridgehead atoms. The van der Waals surface area contributed by atoms with Crippen LogP contribution >= 0.6 is 11.3 Å². The number of aromatic nitrogens is 2. The van der Waals surface area contributed by atoms with E-state index in [9.17, 15) is 4.79 Å². The van der Waals surface area contributed by atoms with Crippen molar-refractivity contribution >= 4 is 39.1 Å². The summed E-state index contributed by atoms with van der Waals surface area (Å²) < 4.78 is 5.54. The van der Waals surface area contributed by atoms with Gasteiger partial charge in [0.15, 0.2) is 0 Å². The van der Waals surface area contributed by atoms with Crippen molar-refractivity contribution in [2.75, 3.05) is 0 Å². The molecule has 2 heterocycles. The van der Waals surface area contributed by atoms with Crippen LogP contribution < -0.4 is 4.74 Å². The van der Waals surface area contributed by atoms with Crippen LogP contribution in [-0.4, -0.2) is 15.9 Å². The average molecular weight is 447 g/mol. The van der Waals surface area contributed by atoms with Crippen LogP contribution in [0.2, 0.25) is 0 Å². The van der Waals surface area contributed by atoms with E-state index in [0.717, 1.165) is 33.4 Å². The highest BCUT2D eigenvalue weighted by Gasteiger charge is 2.14. The largest absolute Gasteiger partial charge is 0.394 e. The number of rotatable bonds is 4. The predicted octanol–water partition coefficient (Wildman–Crippen LogP) is 7.33. The first-order chi connectivity index (χ1) is 16.2. The van der Waals surface area contributed by atoms with Crippen LogP contribution in [0.3, 0.4) is 0 Å². The normalized spacial score (nSPS) is 11.2. The molecule has 33 heavy (non-hydrogen) atoms. The number of hydrogen-bond donors (Lipinski definition) is 1. The minimum atomic E-state index is -0.415. The molecule has 1 N–H and O–H groups in total. The van der Waals surface area contributed by atoms with Crippen molar-refractivity contribution in [1.29, 1.82) is 0 Å². The smallest absolute Gasteiger partial charge is 0.345 e. The molecule has 0 saturated carbocycles. The van der Waals surface area contributed by atoms with E-state index in [2.05, 4.69) is 34.2 Å². The Morgan fingerprint density at radius 2 is 1.42 bits per heavy atom. The van der Waals surface area contributed by atoms with Crippen molar-refractivity contribution in [2.24, 2.45) is 0 Å². The summed E-state index contributed by atoms with van der Waals surface area (Å²) in [5.41, 5.74) is 6.56. The van der Waals surface area contributed by atoms with Crippen molar-refractivity contribution in [3.05, 3.63) is 108 Å². The van der Waals surface area contributed by atoms with Crippen LogP contribution in [0.5, 0.6) is 5.19 Å². The summed E-state index contributed by atoms with van der Waals surface area (Å²) >= 11 is 1.31. The zero-order valence-electron chi connectivity index (χ0n) is 17.5. The van der Waals surface area contributed by atoms with Gasteiger partial charge in [0, 0.05) is 32.7 Å². The summed E-state index contributed by atoms with van der Waals surface area (Å²) in [7, 11) is 0. The quantitative estimate of drug-likeness (QED) is 0.288. The first kappa shape index (κ1) is 19.5. The number of benzene rings is 4. The van der Waals surface area contributed by atoms with Gasteiger partial charge in [0.25, 0.3) is 5.19 Å². The lowest BCUT2D eigenvalue weighted by Gasteiger charge is -2.04. The molecule has 4 nitrogen and oxygen atoms in total. The molecule has 0 spiro atoms. The summed E-state index contributed by atoms with van der Waals surface area (Å²) in [5, 5.41) is 4.62. The number of esters is 1. The van der Waals surface area contributed by atoms with E-state index < -0.39 is 5.97 Å². The Labute approximate surface area is 194 Å². The van der Waals surface area contributed by atoms with Crippen LogP contribution in [0.25, 0.3) is 44.2 Å². The third-order valence-electron chi connectivity index (χ3n) is 5.69. The second kappa shape index (κ2) is 8.04. The SMILES string of the molecule is O=C(Oc1nc(-c2ccc3c(c2)[nH]c2ccccc23)cs1)c1ccc(-c2ccccc2)cc1. The second-order valence-corrected chi connectivity index (χ2v) is 8.58. The van der Waals surface area contributed by atoms with Crippen LogP contribution in [0, 0.1) is 0 Å². The molecule has 0 saturated heterocycles. The molecule has 4 aromatic carbocycles. The molecule has 6 rings (SSSR count). The van der Waals surface area contributed by atoms with Crippen molar-refractivity contribution in [3.8, 4) is 27.6 Å². The lowest BCUT2D eigenvalue weighted by molar-refractivity contribution is 0.0734. The molecular formula is C28H18N2O2S. The molecule has 0 unspecified atom stereocenters. The maximum absolute atomic E-state index is 12.6. The highest BCUT2D eigenvalue weighted by molar-refractivity contribution is 7.11. The van der Waals surface area contributed by atoms with Gasteiger partial charge in [-0.2, -0.15) is 0 Å². The highest BCUT2D eigenvalue weighted by Crippen LogP contribution is 2.32. The lowest BCUT2D eigenvalue weighted by atomic mass is 10.0. The van der Waals surface area contributed by atoms with Gasteiger partial charge >= 0.3 is 5.97 Å². The fourth-order valence-corrected chi connectivity index (χ4v) is 4.69. The summed E-state index contributed by atoms with van der Waals surface area (Å²) in [6, 6.07) is 31.9. The number of fused-ring (bicyclic) bond motifs is 3. The molecule has 158 valence electrons. The molecule has 0 atom stereocenters. The summed E-state index contributed by atoms with van der Waals surface area (Å²) in [6.07, 6.45) is 0. The second-order valence-electron chi connectivity index (χ2n) is 7.76. The van der Waals surface area contributed by atoms with E-state index in [4.69, 9.17) is 4.74 Å². The van der Waals surface area contributed by atoms with Gasteiger partial charge in [-0.3, -0.25) is 0 Å². The number of carbonyl (C=O) groups is 1. The number of thiazole rings is 1. The fraction of sp³-hybridized carbons (Fsp3) is 0. The lowest BCUT2D eigenvalue weighted by Crippen LogP contribution is -2.08. The van der Waals surface area contributed by atoms with Gasteiger partial charge in [-0.25, -0.2) is 9.78 Å². The predicted molar refractivity (Wildman–Crippen MR) is 134 cm³/mol. The Kier molecular flexibility index (Phi) is 4.74. The minimum absolute atomic E-state index is 0.332. The number of hydrogen-bond acceptors (Lipinski definition) is 4. The van der Waals surface area contributed by atoms with Gasteiger partial charge in [0.1, 0.15) is 0 Å². The zero-order valence-corrected chi connectivity index (χ0v) is 18.3. The molecule has 6 aromatic rings. The topological polar surface area (TPSA) is 55.0 Å². The molecule has 0 aliphatic carbocycles. The number of carbonyl (C=O) groups excluding carboxylic acids is 1. The third-order valence-corrected chi connectivity index (χ3v) is 6.41. The maximum Gasteiger partial charge on any atom is 0.345 e. The number of aromatic amines is 1. The Morgan fingerprint density at radius 3 is 2.27 bits per heavy atom. The monoisotopic (exact) mass is 446 g/mol. The molecule has 0 fully saturated rings. The summed E-state index contributed by atoms with van der Waals surface area (Å²) in [5.74, 6) is -0.415. The Balaban J connectivity index is 1.21. The van der Waals surface area contributed by atoms with Gasteiger partial charge in [0.05, 0.1) is 11.3 Å². The fourth-order valence-electron chi connectivity index (χ4n) is 4.02. The van der Waals surface area contributed by atoms with Crippen LogP contribution in [0.15, 0.2) is 102 Å². The van der Waals surface area contributed by atoms with Crippen LogP contribution in [-0.2, 0) is 0 Å². The molecule has 2 aromatic heterocycles. The average Bonchev–Trinajstić information content (AvgIpc) is 3.48. The Hall–Kier alpha value is -4.22. The number of H-pyrrole nitrogens is 1. The van der Waals surface area contributed by atoms with E-state index in [0.29, 0.717) is 10.8 Å². The highest BCUT2D eigenvalue weighted by atomic mass is 32.1. The van der Waals surface area contributed by atoms with E-state index in [1.165, 1.54) is 22.1 Å². The third kappa shape index (κ3) is 3.69. The van der Waals surface area contributed by atoms with Crippen molar-refractivity contribution in [3.63, 3.8) is 0 Å². The molecule has 0 amide bonds. The van der Waals surface area contributed by atoms with E-state index >= 15 is 0 Å². The van der Waals surface area contributed by atoms with Gasteiger partial charge in [-0.05, 0) is 35.4 Å². The first-order valence-corrected chi connectivity index (χ1v) is 11.5. The number of para-hydroxylation sites is 1. The number of nitrogens with one attached hydrogen (secondary N) is 1. The van der Waals surface area contributed by atoms with E-state index in [1.54, 1.807) is 12.1 Å². The number of ether oxygens (including phenoxy) is 1. The van der Waals surface area contributed by atoms with E-state index in [1.807, 2.05) is 66.0 Å². The van der Waals surface area contributed by atoms with Gasteiger partial charge in [-0.15, -0.1) is 0 Å². The molecule has 0 aliphatic heterocycles. The van der Waals surface area contributed by atoms with Crippen LogP contribution in [0.1, 0.15) is 10.4 Å². The molecule has 5 heteroatoms. The van der Waals surface area contributed by atoms with Crippen LogP contribution in [0.4, 0.5) is 0 Å². The van der Waals surface area contributed by atoms with Crippen molar-refractivity contribution in [1.82, 2.24) is 9.97 Å². The van der Waals surface area contributed by atoms with Crippen molar-refractivity contribution in [2.45, 2.75) is 0 Å². The zero-order chi connectivity index (χ0) is 22.2. The van der Waals surface area contributed by atoms with Gasteiger partial charge in [-0.1, -0.05) is 84.1 Å². The standard InChI is InChI=1S/C28H18N2O2S/c31-27(20-12-10-19(11-13-20)18-6-2-1-3-7-18)32-28-30-26(17-33-28)21-14-15-23-22-8-4-5-9-24(22)29-25(23)16-21/h1-17,29H. The maximum atomic E-state index is 12.6. The van der Waals surface area contributed by atoms with E-state index in [-0.39, 0.29) is 0 Å². The summed E-state index contributed by atoms with van der Waals surface area (Å²) in [6.45, 7) is 0. The minimum Gasteiger partial charge on any atom is -0.394 e. The molecular weight excluding hydrogens is 428 g/mol. The van der Waals surface area contributed by atoms with Gasteiger partial charge < -0.3 is 9.72 Å². The Morgan fingerprint density at radius 1 is 0.727 bits per heavy atom. The summed E-state index contributed by atoms with van der Waals surface area (Å²) in [4.78, 5) is 20.6. The number of nitrogens with zero attached hydrogens (tertiary/aromatic N) is 1. The van der Waals surface area contributed by atoms with Crippen molar-refractivity contribution < 1.29 is 9.53 Å². The molecule has 0 aliphatic rings. The molecule has 0 radical (unpaired) electrons.